The van der Waals surface area contributed by atoms with Gasteiger partial charge in [-0.2, -0.15) is 0 Å². The van der Waals surface area contributed by atoms with Gasteiger partial charge in [0, 0.05) is 20.4 Å². The van der Waals surface area contributed by atoms with Gasteiger partial charge in [0.15, 0.2) is 0 Å². The third-order valence-corrected chi connectivity index (χ3v) is 4.14. The number of allylic oxidation sites excluding steroid dienone is 1. The normalized spacial score (nSPS) is 23.6. The molecule has 4 nitrogen and oxygen atoms in total. The molecule has 116 valence electrons. The van der Waals surface area contributed by atoms with Gasteiger partial charge in [-0.25, -0.2) is 0 Å². The van der Waals surface area contributed by atoms with Gasteiger partial charge in [-0.15, -0.1) is 0 Å². The van der Waals surface area contributed by atoms with Crippen molar-refractivity contribution in [1.29, 1.82) is 0 Å². The molecule has 0 aromatic carbocycles. The van der Waals surface area contributed by atoms with Crippen LogP contribution in [0.1, 0.15) is 12.8 Å². The predicted octanol–water partition coefficient (Wildman–Crippen LogP) is 2.99. The minimum atomic E-state index is -1.58. The minimum Gasteiger partial charge on any atom is -0.545 e. The van der Waals surface area contributed by atoms with Crippen LogP contribution in [0.5, 0.6) is 0 Å². The molecule has 1 heterocycles. The van der Waals surface area contributed by atoms with Gasteiger partial charge in [0.05, 0.1) is 31.1 Å². The Bertz CT molecular complexity index is 325. The summed E-state index contributed by atoms with van der Waals surface area (Å²) in [5.74, 6) is 0.739. The van der Waals surface area contributed by atoms with Crippen molar-refractivity contribution in [3.05, 3.63) is 24.6 Å². The lowest BCUT2D eigenvalue weighted by Crippen LogP contribution is -2.36. The molecule has 0 aromatic rings. The van der Waals surface area contributed by atoms with Gasteiger partial charge in [-0.05, 0) is 38.6 Å². The van der Waals surface area contributed by atoms with Crippen LogP contribution in [0.25, 0.3) is 0 Å². The maximum absolute atomic E-state index is 5.86. The largest absolute Gasteiger partial charge is 0.545 e. The summed E-state index contributed by atoms with van der Waals surface area (Å²) in [6.45, 7) is 11.9. The van der Waals surface area contributed by atoms with Gasteiger partial charge >= 0.3 is 0 Å². The Morgan fingerprint density at radius 3 is 2.05 bits per heavy atom. The van der Waals surface area contributed by atoms with Gasteiger partial charge in [0.2, 0.25) is 8.32 Å². The van der Waals surface area contributed by atoms with E-state index in [-0.39, 0.29) is 0 Å². The van der Waals surface area contributed by atoms with Gasteiger partial charge in [-0.3, -0.25) is 0 Å². The quantitative estimate of drug-likeness (QED) is 0.392. The lowest BCUT2D eigenvalue weighted by Gasteiger charge is -2.28. The molecule has 1 aliphatic heterocycles. The predicted molar refractivity (Wildman–Crippen MR) is 85.1 cm³/mol. The molecule has 1 aliphatic rings. The third-order valence-electron chi connectivity index (χ3n) is 3.26. The average Bonchev–Trinajstić information content (AvgIpc) is 2.68. The van der Waals surface area contributed by atoms with Gasteiger partial charge in [0.1, 0.15) is 0 Å². The van der Waals surface area contributed by atoms with Crippen molar-refractivity contribution >= 4 is 8.32 Å². The SMILES string of the molecule is C=C(/C=C/N1[C@@H](COC)CC[C@@H]1COC)O[Si](C)(C)C. The first kappa shape index (κ1) is 17.3. The molecule has 0 N–H and O–H groups in total. The molecule has 20 heavy (non-hydrogen) atoms. The van der Waals surface area contributed by atoms with E-state index in [1.807, 2.05) is 6.08 Å². The van der Waals surface area contributed by atoms with Gasteiger partial charge in [-0.1, -0.05) is 6.58 Å². The number of methoxy groups -OCH3 is 2. The van der Waals surface area contributed by atoms with Crippen molar-refractivity contribution in [3.8, 4) is 0 Å². The average molecular weight is 299 g/mol. The monoisotopic (exact) mass is 299 g/mol. The zero-order valence-electron chi connectivity index (χ0n) is 13.5. The number of rotatable bonds is 8. The van der Waals surface area contributed by atoms with Gasteiger partial charge < -0.3 is 18.8 Å². The molecule has 0 bridgehead atoms. The maximum Gasteiger partial charge on any atom is 0.242 e. The molecule has 1 saturated heterocycles. The second-order valence-electron chi connectivity index (χ2n) is 6.24. The Hall–Kier alpha value is -0.783. The lowest BCUT2D eigenvalue weighted by atomic mass is 10.2. The molecule has 0 aromatic heterocycles. The Morgan fingerprint density at radius 2 is 1.65 bits per heavy atom. The number of hydrogen-bond acceptors (Lipinski definition) is 4. The summed E-state index contributed by atoms with van der Waals surface area (Å²) in [6.07, 6.45) is 6.32. The van der Waals surface area contributed by atoms with E-state index in [1.165, 1.54) is 0 Å². The van der Waals surface area contributed by atoms with E-state index in [2.05, 4.69) is 37.3 Å². The van der Waals surface area contributed by atoms with Crippen LogP contribution in [0.2, 0.25) is 19.6 Å². The number of ether oxygens (including phenoxy) is 2. The molecular weight excluding hydrogens is 270 g/mol. The summed E-state index contributed by atoms with van der Waals surface area (Å²) in [5.41, 5.74) is 0. The fourth-order valence-electron chi connectivity index (χ4n) is 2.54. The zero-order valence-corrected chi connectivity index (χ0v) is 14.5. The third kappa shape index (κ3) is 5.69. The molecular formula is C15H29NO3Si. The van der Waals surface area contributed by atoms with E-state index in [0.717, 1.165) is 31.8 Å². The smallest absolute Gasteiger partial charge is 0.242 e. The Labute approximate surface area is 124 Å². The molecule has 0 amide bonds. The Balaban J connectivity index is 2.65. The fraction of sp³-hybridized carbons (Fsp3) is 0.733. The van der Waals surface area contributed by atoms with E-state index in [4.69, 9.17) is 13.9 Å². The summed E-state index contributed by atoms with van der Waals surface area (Å²) < 4.78 is 16.5. The first-order valence-electron chi connectivity index (χ1n) is 7.19. The molecule has 1 fully saturated rings. The number of likely N-dealkylation sites (tertiary alicyclic amines) is 1. The van der Waals surface area contributed by atoms with E-state index >= 15 is 0 Å². The zero-order chi connectivity index (χ0) is 15.2. The maximum atomic E-state index is 5.86. The van der Waals surface area contributed by atoms with Crippen molar-refractivity contribution in [1.82, 2.24) is 4.90 Å². The standard InChI is InChI=1S/C15H29NO3Si/c1-13(19-20(4,5)6)9-10-16-14(11-17-2)7-8-15(16)12-18-3/h9-10,14-15H,1,7-8,11-12H2,2-6H3/b10-9+/t14-,15-/m1/s1. The molecule has 1 rings (SSSR count). The summed E-state index contributed by atoms with van der Waals surface area (Å²) >= 11 is 0. The fourth-order valence-corrected chi connectivity index (χ4v) is 3.40. The number of hydrogen-bond donors (Lipinski definition) is 0. The van der Waals surface area contributed by atoms with Crippen LogP contribution in [0.3, 0.4) is 0 Å². The summed E-state index contributed by atoms with van der Waals surface area (Å²) in [6, 6.07) is 0.826. The Morgan fingerprint density at radius 1 is 1.15 bits per heavy atom. The molecule has 0 saturated carbocycles. The summed E-state index contributed by atoms with van der Waals surface area (Å²) in [7, 11) is 1.92. The van der Waals surface area contributed by atoms with Crippen LogP contribution < -0.4 is 0 Å². The summed E-state index contributed by atoms with van der Waals surface area (Å²) in [5, 5.41) is 0. The van der Waals surface area contributed by atoms with Crippen molar-refractivity contribution in [3.63, 3.8) is 0 Å². The molecule has 0 unspecified atom stereocenters. The van der Waals surface area contributed by atoms with E-state index < -0.39 is 8.32 Å². The van der Waals surface area contributed by atoms with E-state index in [9.17, 15) is 0 Å². The van der Waals surface area contributed by atoms with Crippen molar-refractivity contribution < 1.29 is 13.9 Å². The topological polar surface area (TPSA) is 30.9 Å². The molecule has 2 atom stereocenters. The highest BCUT2D eigenvalue weighted by atomic mass is 28.4. The second kappa shape index (κ2) is 7.86. The van der Waals surface area contributed by atoms with E-state index in [0.29, 0.717) is 12.1 Å². The molecule has 0 spiro atoms. The van der Waals surface area contributed by atoms with Crippen LogP contribution in [-0.2, 0) is 13.9 Å². The minimum absolute atomic E-state index is 0.413. The molecule has 5 heteroatoms. The highest BCUT2D eigenvalue weighted by Gasteiger charge is 2.30. The molecule has 0 radical (unpaired) electrons. The first-order chi connectivity index (χ1) is 9.37. The highest BCUT2D eigenvalue weighted by Crippen LogP contribution is 2.25. The van der Waals surface area contributed by atoms with E-state index in [1.54, 1.807) is 14.2 Å². The van der Waals surface area contributed by atoms with Gasteiger partial charge in [0.25, 0.3) is 0 Å². The van der Waals surface area contributed by atoms with Crippen molar-refractivity contribution in [2.24, 2.45) is 0 Å². The molecule has 0 aliphatic carbocycles. The van der Waals surface area contributed by atoms with Crippen LogP contribution in [0, 0.1) is 0 Å². The second-order valence-corrected chi connectivity index (χ2v) is 10.7. The van der Waals surface area contributed by atoms with Crippen LogP contribution >= 0.6 is 0 Å². The first-order valence-corrected chi connectivity index (χ1v) is 10.6. The van der Waals surface area contributed by atoms with Crippen LogP contribution in [-0.4, -0.2) is 52.7 Å². The van der Waals surface area contributed by atoms with Crippen molar-refractivity contribution in [2.45, 2.75) is 44.6 Å². The number of nitrogens with zero attached hydrogens (tertiary/aromatic N) is 1. The summed E-state index contributed by atoms with van der Waals surface area (Å²) in [4.78, 5) is 2.33. The van der Waals surface area contributed by atoms with Crippen LogP contribution in [0.4, 0.5) is 0 Å². The lowest BCUT2D eigenvalue weighted by molar-refractivity contribution is 0.0920. The highest BCUT2D eigenvalue weighted by molar-refractivity contribution is 6.70. The van der Waals surface area contributed by atoms with Crippen LogP contribution in [0.15, 0.2) is 24.6 Å². The van der Waals surface area contributed by atoms with Crippen molar-refractivity contribution in [2.75, 3.05) is 27.4 Å². The Kier molecular flexibility index (Phi) is 6.78.